The highest BCUT2D eigenvalue weighted by Gasteiger charge is 2.34. The second kappa shape index (κ2) is 7.75. The van der Waals surface area contributed by atoms with E-state index in [0.717, 1.165) is 12.8 Å². The smallest absolute Gasteiger partial charge is 0.209 e. The molecule has 120 valence electrons. The summed E-state index contributed by atoms with van der Waals surface area (Å²) in [4.78, 5) is 0. The van der Waals surface area contributed by atoms with Gasteiger partial charge in [-0.1, -0.05) is 38.8 Å². The van der Waals surface area contributed by atoms with Gasteiger partial charge in [-0.2, -0.15) is 0 Å². The van der Waals surface area contributed by atoms with Gasteiger partial charge in [-0.25, -0.2) is 17.9 Å². The van der Waals surface area contributed by atoms with Crippen LogP contribution in [0, 0.1) is 11.2 Å². The molecule has 0 bridgehead atoms. The van der Waals surface area contributed by atoms with E-state index >= 15 is 0 Å². The van der Waals surface area contributed by atoms with Crippen molar-refractivity contribution in [2.75, 3.05) is 12.4 Å². The third-order valence-electron chi connectivity index (χ3n) is 3.44. The third-order valence-corrected chi connectivity index (χ3v) is 4.45. The molecule has 0 amide bonds. The van der Waals surface area contributed by atoms with Gasteiger partial charge in [0.1, 0.15) is 0 Å². The summed E-state index contributed by atoms with van der Waals surface area (Å²) in [6, 6.07) is 6.11. The molecule has 1 aromatic carbocycles. The lowest BCUT2D eigenvalue weighted by Gasteiger charge is -2.32. The molecule has 0 aliphatic carbocycles. The molecule has 0 aliphatic rings. The fourth-order valence-electron chi connectivity index (χ4n) is 2.74. The fraction of sp³-hybridized carbons (Fsp3) is 0.600. The van der Waals surface area contributed by atoms with E-state index in [1.54, 1.807) is 12.1 Å². The van der Waals surface area contributed by atoms with Crippen molar-refractivity contribution in [1.82, 2.24) is 0 Å². The van der Waals surface area contributed by atoms with Gasteiger partial charge in [-0.05, 0) is 25.0 Å². The van der Waals surface area contributed by atoms with Crippen LogP contribution >= 0.6 is 0 Å². The quantitative estimate of drug-likeness (QED) is 0.761. The predicted molar refractivity (Wildman–Crippen MR) is 82.1 cm³/mol. The number of hydrogen-bond donors (Lipinski definition) is 1. The van der Waals surface area contributed by atoms with Crippen LogP contribution in [0.5, 0.6) is 5.75 Å². The van der Waals surface area contributed by atoms with E-state index in [-0.39, 0.29) is 18.1 Å². The molecule has 0 unspecified atom stereocenters. The van der Waals surface area contributed by atoms with Crippen LogP contribution in [0.4, 0.5) is 4.39 Å². The molecule has 0 heterocycles. The summed E-state index contributed by atoms with van der Waals surface area (Å²) in [6.07, 6.45) is 2.98. The maximum absolute atomic E-state index is 13.6. The largest absolute Gasteiger partial charge is 0.490 e. The Balaban J connectivity index is 2.92. The second-order valence-corrected chi connectivity index (χ2v) is 7.14. The van der Waals surface area contributed by atoms with Crippen LogP contribution in [0.1, 0.15) is 39.5 Å². The maximum atomic E-state index is 13.6. The first-order chi connectivity index (χ1) is 9.82. The molecule has 0 atom stereocenters. The number of hydrogen-bond acceptors (Lipinski definition) is 3. The van der Waals surface area contributed by atoms with E-state index < -0.39 is 21.3 Å². The molecule has 0 spiro atoms. The van der Waals surface area contributed by atoms with Crippen LogP contribution in [0.15, 0.2) is 24.3 Å². The molecule has 0 radical (unpaired) electrons. The van der Waals surface area contributed by atoms with Gasteiger partial charge in [0.05, 0.1) is 12.4 Å². The first kappa shape index (κ1) is 17.9. The van der Waals surface area contributed by atoms with E-state index in [0.29, 0.717) is 12.8 Å². The Morgan fingerprint density at radius 1 is 1.19 bits per heavy atom. The first-order valence-electron chi connectivity index (χ1n) is 7.20. The van der Waals surface area contributed by atoms with Crippen molar-refractivity contribution < 1.29 is 17.5 Å². The zero-order valence-electron chi connectivity index (χ0n) is 12.6. The molecule has 0 aliphatic heterocycles. The van der Waals surface area contributed by atoms with E-state index in [9.17, 15) is 12.8 Å². The summed E-state index contributed by atoms with van der Waals surface area (Å²) in [5, 5.41) is 5.22. The highest BCUT2D eigenvalue weighted by atomic mass is 32.2. The van der Waals surface area contributed by atoms with Crippen molar-refractivity contribution in [3.05, 3.63) is 30.1 Å². The molecule has 0 saturated heterocycles. The number of rotatable bonds is 9. The Hall–Kier alpha value is -1.14. The predicted octanol–water partition coefficient (Wildman–Crippen LogP) is 3.08. The summed E-state index contributed by atoms with van der Waals surface area (Å²) in [5.74, 6) is -0.450. The molecule has 6 heteroatoms. The van der Waals surface area contributed by atoms with Gasteiger partial charge in [0.25, 0.3) is 0 Å². The zero-order valence-corrected chi connectivity index (χ0v) is 13.5. The molecule has 1 rings (SSSR count). The molecular weight excluding hydrogens is 293 g/mol. The second-order valence-electron chi connectivity index (χ2n) is 5.53. The molecule has 1 aromatic rings. The Bertz CT molecular complexity index is 540. The molecular formula is C15H24FNO3S. The van der Waals surface area contributed by atoms with Crippen LogP contribution in [-0.2, 0) is 10.0 Å². The van der Waals surface area contributed by atoms with Gasteiger partial charge in [-0.15, -0.1) is 0 Å². The normalized spacial score (nSPS) is 12.4. The molecule has 4 nitrogen and oxygen atoms in total. The van der Waals surface area contributed by atoms with Gasteiger partial charge in [0.15, 0.2) is 11.6 Å². The topological polar surface area (TPSA) is 69.4 Å². The fourth-order valence-corrected chi connectivity index (χ4v) is 3.96. The highest BCUT2D eigenvalue weighted by Crippen LogP contribution is 2.32. The maximum Gasteiger partial charge on any atom is 0.209 e. The zero-order chi connectivity index (χ0) is 15.9. The van der Waals surface area contributed by atoms with Crippen molar-refractivity contribution >= 4 is 10.0 Å². The minimum Gasteiger partial charge on any atom is -0.490 e. The van der Waals surface area contributed by atoms with E-state index in [1.165, 1.54) is 12.1 Å². The Labute approximate surface area is 126 Å². The number of halogens is 1. The van der Waals surface area contributed by atoms with Crippen LogP contribution in [-0.4, -0.2) is 20.8 Å². The van der Waals surface area contributed by atoms with E-state index in [4.69, 9.17) is 9.88 Å². The lowest BCUT2D eigenvalue weighted by Crippen LogP contribution is -2.38. The van der Waals surface area contributed by atoms with Gasteiger partial charge in [-0.3, -0.25) is 0 Å². The molecule has 0 aromatic heterocycles. The van der Waals surface area contributed by atoms with Crippen molar-refractivity contribution in [2.45, 2.75) is 39.5 Å². The Morgan fingerprint density at radius 2 is 1.76 bits per heavy atom. The lowest BCUT2D eigenvalue weighted by atomic mass is 9.82. The number of primary sulfonamides is 1. The van der Waals surface area contributed by atoms with Crippen LogP contribution in [0.3, 0.4) is 0 Å². The van der Waals surface area contributed by atoms with Crippen molar-refractivity contribution in [2.24, 2.45) is 10.6 Å². The summed E-state index contributed by atoms with van der Waals surface area (Å²) in [5.41, 5.74) is -0.570. The first-order valence-corrected chi connectivity index (χ1v) is 8.91. The summed E-state index contributed by atoms with van der Waals surface area (Å²) < 4.78 is 42.2. The third kappa shape index (κ3) is 6.01. The number of para-hydroxylation sites is 1. The molecule has 2 N–H and O–H groups in total. The minimum atomic E-state index is -3.61. The average molecular weight is 317 g/mol. The monoisotopic (exact) mass is 317 g/mol. The average Bonchev–Trinajstić information content (AvgIpc) is 2.36. The van der Waals surface area contributed by atoms with Crippen molar-refractivity contribution in [3.8, 4) is 5.75 Å². The highest BCUT2D eigenvalue weighted by molar-refractivity contribution is 7.89. The lowest BCUT2D eigenvalue weighted by molar-refractivity contribution is 0.137. The SMILES string of the molecule is CCCC(CCC)(COc1ccccc1F)CS(N)(=O)=O. The summed E-state index contributed by atoms with van der Waals surface area (Å²) >= 11 is 0. The molecule has 0 fully saturated rings. The standard InChI is InChI=1S/C15H24FNO3S/c1-3-9-15(10-4-2,12-21(17,18)19)11-20-14-8-6-5-7-13(14)16/h5-8H,3-4,9-12H2,1-2H3,(H2,17,18,19). The number of ether oxygens (including phenoxy) is 1. The van der Waals surface area contributed by atoms with Crippen LogP contribution < -0.4 is 9.88 Å². The molecule has 21 heavy (non-hydrogen) atoms. The van der Waals surface area contributed by atoms with E-state index in [2.05, 4.69) is 0 Å². The Kier molecular flexibility index (Phi) is 6.61. The van der Waals surface area contributed by atoms with Crippen molar-refractivity contribution in [1.29, 1.82) is 0 Å². The van der Waals surface area contributed by atoms with Crippen LogP contribution in [0.2, 0.25) is 0 Å². The van der Waals surface area contributed by atoms with Gasteiger partial charge in [0.2, 0.25) is 10.0 Å². The summed E-state index contributed by atoms with van der Waals surface area (Å²) in [7, 11) is -3.61. The van der Waals surface area contributed by atoms with Gasteiger partial charge in [0, 0.05) is 5.41 Å². The van der Waals surface area contributed by atoms with Crippen LogP contribution in [0.25, 0.3) is 0 Å². The molecule has 0 saturated carbocycles. The number of nitrogens with two attached hydrogens (primary N) is 1. The number of benzene rings is 1. The van der Waals surface area contributed by atoms with Gasteiger partial charge < -0.3 is 4.74 Å². The minimum absolute atomic E-state index is 0.142. The van der Waals surface area contributed by atoms with Gasteiger partial charge >= 0.3 is 0 Å². The Morgan fingerprint density at radius 3 is 2.24 bits per heavy atom. The van der Waals surface area contributed by atoms with E-state index in [1.807, 2.05) is 13.8 Å². The van der Waals surface area contributed by atoms with Crippen molar-refractivity contribution in [3.63, 3.8) is 0 Å². The summed E-state index contributed by atoms with van der Waals surface area (Å²) in [6.45, 7) is 4.11. The number of sulfonamides is 1.